The Morgan fingerprint density at radius 2 is 0.257 bits per heavy atom. The number of benzene rings is 17. The summed E-state index contributed by atoms with van der Waals surface area (Å²) in [5, 5.41) is 92.5. The van der Waals surface area contributed by atoms with E-state index in [1.807, 2.05) is 22.3 Å². The summed E-state index contributed by atoms with van der Waals surface area (Å²) >= 11 is 0. The smallest absolute Gasteiger partial charge is 0.0455 e. The minimum absolute atomic E-state index is 0.108. The Labute approximate surface area is 389 Å². The Morgan fingerprint density at radius 1 is 0.157 bits per heavy atom. The molecule has 0 saturated carbocycles. The third-order valence-corrected chi connectivity index (χ3v) is 28.5. The van der Waals surface area contributed by atoms with E-state index in [2.05, 4.69) is 39.3 Å². The Morgan fingerprint density at radius 3 is 0.414 bits per heavy atom. The van der Waals surface area contributed by atoms with Crippen molar-refractivity contribution in [1.82, 2.24) is 0 Å². The lowest BCUT2D eigenvalue weighted by Gasteiger charge is -2.56. The molecule has 0 aromatic heterocycles. The van der Waals surface area contributed by atoms with E-state index in [1.165, 1.54) is 12.1 Å². The molecule has 0 bridgehead atoms. The second-order valence-electron chi connectivity index (χ2n) is 29.0. The average molecular weight is 895 g/mol. The second kappa shape index (κ2) is 6.17. The van der Waals surface area contributed by atoms with E-state index in [1.54, 1.807) is 291 Å². The van der Waals surface area contributed by atoms with Gasteiger partial charge in [0.15, 0.2) is 0 Å². The highest BCUT2D eigenvalue weighted by molar-refractivity contribution is 6.84. The van der Waals surface area contributed by atoms with Crippen LogP contribution < -0.4 is 0 Å². The molecule has 70 heavy (non-hydrogen) atoms. The highest BCUT2D eigenvalue weighted by Gasteiger charge is 2.71. The lowest BCUT2D eigenvalue weighted by atomic mass is 9.51. The number of hydrogen-bond acceptors (Lipinski definition) is 0. The van der Waals surface area contributed by atoms with Gasteiger partial charge in [0, 0.05) is 27.0 Å². The molecular weight excluding hydrogens is 873 g/mol. The van der Waals surface area contributed by atoms with Crippen molar-refractivity contribution in [3.05, 3.63) is 22.3 Å². The molecule has 28 aromatic rings. The van der Waals surface area contributed by atoms with E-state index in [0.717, 1.165) is 0 Å². The van der Waals surface area contributed by atoms with Crippen LogP contribution in [0.3, 0.4) is 0 Å². The zero-order chi connectivity index (χ0) is 42.9. The van der Waals surface area contributed by atoms with E-state index < -0.39 is 16.1 Å². The van der Waals surface area contributed by atoms with Gasteiger partial charge in [-0.05, 0) is 325 Å². The van der Waals surface area contributed by atoms with Crippen molar-refractivity contribution in [3.63, 3.8) is 0 Å². The molecule has 28 aromatic carbocycles. The molecule has 0 nitrogen and oxygen atoms in total. The number of hydrogen-bond donors (Lipinski definition) is 0. The Balaban J connectivity index is 1.23. The predicted molar refractivity (Wildman–Crippen MR) is 310 cm³/mol. The summed E-state index contributed by atoms with van der Waals surface area (Å²) in [6, 6.07) is 2.67. The van der Waals surface area contributed by atoms with Crippen LogP contribution in [-0.2, 0) is 10.8 Å². The van der Waals surface area contributed by atoms with Crippen LogP contribution >= 0.6 is 0 Å². The Bertz CT molecular complexity index is 6870. The van der Waals surface area contributed by atoms with Gasteiger partial charge in [0.05, 0.1) is 0 Å². The van der Waals surface area contributed by atoms with Gasteiger partial charge in [-0.1, -0.05) is 39.3 Å². The molecule has 0 aliphatic heterocycles. The van der Waals surface area contributed by atoms with Crippen LogP contribution in [0.25, 0.3) is 291 Å². The molecular formula is C68H22Si2. The second-order valence-corrected chi connectivity index (χ2v) is 40.0. The predicted octanol–water partition coefficient (Wildman–Crippen LogP) is 20.0. The SMILES string of the molecule is C[Si](C)(C)C[C@]12c3c4c5c6c7c8c(c9c%10c1c1c%11c3c3c%12c4c4c6c6c7c7c%13c8c9c8c9c%10c1c1c%10c%11c3c3c%11c%12c4c4c6c6c7c7c%13c8c8c9c1c1c%10c3c3c%11c4c6c4c7c8c1c34)[C@@]52C[Si](C)(C)C. The minimum Gasteiger partial charge on any atom is -0.0695 e. The van der Waals surface area contributed by atoms with Gasteiger partial charge in [0.25, 0.3) is 0 Å². The molecule has 0 heterocycles. The molecule has 0 unspecified atom stereocenters. The van der Waals surface area contributed by atoms with Crippen molar-refractivity contribution in [2.75, 3.05) is 0 Å². The third-order valence-electron chi connectivity index (χ3n) is 25.3. The van der Waals surface area contributed by atoms with Crippen LogP contribution in [0.4, 0.5) is 0 Å². The molecule has 0 N–H and O–H groups in total. The summed E-state index contributed by atoms with van der Waals surface area (Å²) in [4.78, 5) is 0. The first kappa shape index (κ1) is 27.9. The van der Waals surface area contributed by atoms with Gasteiger partial charge < -0.3 is 0 Å². The summed E-state index contributed by atoms with van der Waals surface area (Å²) in [5.41, 5.74) is 7.30. The first-order valence-corrected chi connectivity index (χ1v) is 34.3. The van der Waals surface area contributed by atoms with E-state index >= 15 is 0 Å². The molecule has 4 aliphatic rings. The fourth-order valence-corrected chi connectivity index (χ4v) is 30.3. The monoisotopic (exact) mass is 894 g/mol. The molecule has 0 spiro atoms. The standard InChI is InChI=1S/C68H22Si2/c1-69(2,3)7-67-63-56-49-37-29-20-11-9-10-12-15(11)24-31(29)39-40-32(24)30-21(12)23-19-14(10)17-16-13(9)18-22(20)35(37)43-41-27(18)25(16)33-34-26(17)28(19)42-44-36(23)38(30)50-52(40)61(60(63)51(39)49)64-57(50)55(44)59-48(42)46(34)53-45(33)47(41)58(54(43)56)65(67)62(53)66(59)68(64,67)8-70(4,5)6/h7-8H2,1-6H3/t67-,68+. The van der Waals surface area contributed by atoms with Crippen LogP contribution in [0.1, 0.15) is 22.3 Å². The summed E-state index contributed by atoms with van der Waals surface area (Å²) in [5.74, 6) is 0. The van der Waals surface area contributed by atoms with Gasteiger partial charge in [-0.3, -0.25) is 0 Å². The molecule has 0 fully saturated rings. The molecule has 4 aliphatic carbocycles. The molecule has 32 rings (SSSR count). The van der Waals surface area contributed by atoms with Gasteiger partial charge >= 0.3 is 0 Å². The van der Waals surface area contributed by atoms with Crippen LogP contribution in [-0.4, -0.2) is 16.1 Å². The maximum Gasteiger partial charge on any atom is 0.0455 e. The topological polar surface area (TPSA) is 0 Å². The Kier molecular flexibility index (Phi) is 2.46. The van der Waals surface area contributed by atoms with Gasteiger partial charge in [-0.15, -0.1) is 0 Å². The maximum atomic E-state index is 2.79. The van der Waals surface area contributed by atoms with E-state index in [4.69, 9.17) is 0 Å². The van der Waals surface area contributed by atoms with Crippen molar-refractivity contribution in [2.24, 2.45) is 0 Å². The Hall–Kier alpha value is -7.11. The summed E-state index contributed by atoms with van der Waals surface area (Å²) in [6.45, 7) is 16.8. The van der Waals surface area contributed by atoms with Gasteiger partial charge in [-0.25, -0.2) is 0 Å². The lowest BCUT2D eigenvalue weighted by molar-refractivity contribution is 0.384. The minimum atomic E-state index is -1.84. The molecule has 2 heteroatoms. The van der Waals surface area contributed by atoms with Crippen molar-refractivity contribution in [3.8, 4) is 0 Å². The zero-order valence-electron chi connectivity index (χ0n) is 38.4. The van der Waals surface area contributed by atoms with Crippen molar-refractivity contribution in [2.45, 2.75) is 62.2 Å². The highest BCUT2D eigenvalue weighted by atomic mass is 28.3. The summed E-state index contributed by atoms with van der Waals surface area (Å²) in [7, 11) is -3.69. The van der Waals surface area contributed by atoms with Crippen molar-refractivity contribution >= 4 is 307 Å². The summed E-state index contributed by atoms with van der Waals surface area (Å²) < 4.78 is 0. The van der Waals surface area contributed by atoms with Gasteiger partial charge in [0.2, 0.25) is 0 Å². The van der Waals surface area contributed by atoms with Crippen molar-refractivity contribution < 1.29 is 0 Å². The van der Waals surface area contributed by atoms with E-state index in [0.29, 0.717) is 0 Å². The number of rotatable bonds is 4. The fourth-order valence-electron chi connectivity index (χ4n) is 25.8. The van der Waals surface area contributed by atoms with Crippen LogP contribution in [0, 0.1) is 0 Å². The first-order valence-electron chi connectivity index (χ1n) is 26.9. The van der Waals surface area contributed by atoms with Crippen LogP contribution in [0.15, 0.2) is 0 Å². The maximum absolute atomic E-state index is 2.79. The molecule has 2 atom stereocenters. The highest BCUT2D eigenvalue weighted by Crippen LogP contribution is 2.86. The van der Waals surface area contributed by atoms with Crippen LogP contribution in [0.5, 0.6) is 0 Å². The van der Waals surface area contributed by atoms with Gasteiger partial charge in [-0.2, -0.15) is 0 Å². The van der Waals surface area contributed by atoms with Crippen LogP contribution in [0.2, 0.25) is 51.4 Å². The van der Waals surface area contributed by atoms with E-state index in [9.17, 15) is 0 Å². The molecule has 0 saturated heterocycles. The third kappa shape index (κ3) is 1.53. The van der Waals surface area contributed by atoms with E-state index in [-0.39, 0.29) is 10.8 Å². The molecule has 302 valence electrons. The van der Waals surface area contributed by atoms with Gasteiger partial charge in [0.1, 0.15) is 0 Å². The zero-order valence-corrected chi connectivity index (χ0v) is 40.4. The molecule has 0 amide bonds. The van der Waals surface area contributed by atoms with Crippen molar-refractivity contribution in [1.29, 1.82) is 0 Å². The lowest BCUT2D eigenvalue weighted by Crippen LogP contribution is -2.55. The normalized spacial score (nSPS) is 22.4. The largest absolute Gasteiger partial charge is 0.0695 e. The first-order chi connectivity index (χ1) is 34.2. The molecule has 0 radical (unpaired) electrons. The quantitative estimate of drug-likeness (QED) is 0.122. The fraction of sp³-hybridized carbons (Fsp3) is 0.147. The summed E-state index contributed by atoms with van der Waals surface area (Å²) in [6.07, 6.45) is 0. The average Bonchev–Trinajstić information content (AvgIpc) is 4.33.